The summed E-state index contributed by atoms with van der Waals surface area (Å²) in [6, 6.07) is 18.6. The first kappa shape index (κ1) is 17.1. The summed E-state index contributed by atoms with van der Waals surface area (Å²) in [4.78, 5) is 5.24. The minimum Gasteiger partial charge on any atom is -0.300 e. The van der Waals surface area contributed by atoms with Crippen molar-refractivity contribution in [2.45, 2.75) is 5.41 Å². The molecule has 4 bridgehead atoms. The molecule has 4 fully saturated rings. The van der Waals surface area contributed by atoms with Gasteiger partial charge >= 0.3 is 0 Å². The second-order valence-corrected chi connectivity index (χ2v) is 8.33. The van der Waals surface area contributed by atoms with E-state index in [9.17, 15) is 0 Å². The maximum absolute atomic E-state index is 5.97. The lowest BCUT2D eigenvalue weighted by molar-refractivity contribution is 0.164. The second-order valence-electron chi connectivity index (χ2n) is 7.90. The normalized spacial score (nSPS) is 33.7. The summed E-state index contributed by atoms with van der Waals surface area (Å²) in [5, 5.41) is 10.1. The highest BCUT2D eigenvalue weighted by Gasteiger charge is 2.53. The van der Waals surface area contributed by atoms with E-state index in [0.29, 0.717) is 5.92 Å². The molecule has 2 aromatic carbocycles. The molecule has 138 valence electrons. The lowest BCUT2D eigenvalue weighted by Gasteiger charge is -2.50. The number of halogens is 1. The molecule has 4 heterocycles. The van der Waals surface area contributed by atoms with E-state index in [-0.39, 0.29) is 5.41 Å². The summed E-state index contributed by atoms with van der Waals surface area (Å²) in [7, 11) is 0. The van der Waals surface area contributed by atoms with Crippen molar-refractivity contribution in [3.8, 4) is 0 Å². The van der Waals surface area contributed by atoms with Crippen molar-refractivity contribution in [2.24, 2.45) is 16.1 Å². The van der Waals surface area contributed by atoms with Gasteiger partial charge in [0.05, 0.1) is 17.3 Å². The van der Waals surface area contributed by atoms with Gasteiger partial charge in [0.15, 0.2) is 0 Å². The van der Waals surface area contributed by atoms with E-state index in [2.05, 4.69) is 45.2 Å². The average Bonchev–Trinajstić information content (AvgIpc) is 2.94. The number of hydrogen-bond donors (Lipinski definition) is 0. The van der Waals surface area contributed by atoms with Crippen LogP contribution in [0.15, 0.2) is 64.8 Å². The van der Waals surface area contributed by atoms with Gasteiger partial charge in [0.2, 0.25) is 0 Å². The first-order valence-electron chi connectivity index (χ1n) is 9.60. The number of hydrogen-bond acceptors (Lipinski definition) is 4. The molecule has 2 atom stereocenters. The maximum atomic E-state index is 5.97. The molecule has 0 N–H and O–H groups in total. The van der Waals surface area contributed by atoms with Crippen LogP contribution in [-0.2, 0) is 5.41 Å². The first-order valence-corrected chi connectivity index (χ1v) is 9.98. The van der Waals surface area contributed by atoms with E-state index >= 15 is 0 Å². The Morgan fingerprint density at radius 3 is 2.26 bits per heavy atom. The Kier molecular flexibility index (Phi) is 4.35. The molecular weight excluding hydrogens is 356 g/mol. The van der Waals surface area contributed by atoms with Crippen LogP contribution in [0.2, 0.25) is 5.02 Å². The van der Waals surface area contributed by atoms with Crippen LogP contribution in [0.5, 0.6) is 0 Å². The molecular formula is C22H23ClN4. The predicted octanol–water partition coefficient (Wildman–Crippen LogP) is 3.31. The van der Waals surface area contributed by atoms with Gasteiger partial charge in [-0.2, -0.15) is 10.2 Å². The minimum atomic E-state index is -0.0454. The van der Waals surface area contributed by atoms with Crippen LogP contribution in [0.25, 0.3) is 0 Å². The van der Waals surface area contributed by atoms with Gasteiger partial charge in [-0.3, -0.25) is 0 Å². The van der Waals surface area contributed by atoms with E-state index < -0.39 is 0 Å². The molecule has 0 spiro atoms. The summed E-state index contributed by atoms with van der Waals surface area (Å²) in [6.45, 7) is 6.60. The Hall–Kier alpha value is -2.01. The van der Waals surface area contributed by atoms with Gasteiger partial charge in [0.1, 0.15) is 0 Å². The quantitative estimate of drug-likeness (QED) is 0.606. The summed E-state index contributed by atoms with van der Waals surface area (Å²) < 4.78 is 0. The summed E-state index contributed by atoms with van der Waals surface area (Å²) in [5.74, 6) is 0.456. The molecule has 0 amide bonds. The first-order chi connectivity index (χ1) is 13.2. The molecule has 4 aliphatic heterocycles. The maximum Gasteiger partial charge on any atom is 0.0612 e. The fourth-order valence-corrected chi connectivity index (χ4v) is 5.07. The molecule has 0 radical (unpaired) electrons. The molecule has 2 unspecified atom stereocenters. The van der Waals surface area contributed by atoms with E-state index in [1.54, 1.807) is 0 Å². The van der Waals surface area contributed by atoms with Crippen molar-refractivity contribution in [3.63, 3.8) is 0 Å². The molecule has 0 aromatic heterocycles. The summed E-state index contributed by atoms with van der Waals surface area (Å²) in [6.07, 6.45) is 1.83. The molecule has 6 rings (SSSR count). The lowest BCUT2D eigenvalue weighted by Crippen LogP contribution is -2.63. The van der Waals surface area contributed by atoms with Crippen molar-refractivity contribution >= 4 is 23.5 Å². The standard InChI is InChI=1S/C22H23ClN4/c23-20-8-6-17(7-9-20)12-24-25-21-18-13-26-10-11-27(14-18)16-22(21,15-26)19-4-2-1-3-5-19/h1-9,12,18H,10-11,13-16H2/b24-12+,25-21-. The zero-order chi connectivity index (χ0) is 18.3. The SMILES string of the molecule is Clc1ccc(/C=N/N=C2/C3CN4CCN(C3)CC2(c2ccccc2)C4)cc1. The van der Waals surface area contributed by atoms with E-state index in [4.69, 9.17) is 16.7 Å². The summed E-state index contributed by atoms with van der Waals surface area (Å²) >= 11 is 5.97. The average molecular weight is 379 g/mol. The van der Waals surface area contributed by atoms with Crippen molar-refractivity contribution in [1.82, 2.24) is 9.80 Å². The number of rotatable bonds is 3. The summed E-state index contributed by atoms with van der Waals surface area (Å²) in [5.41, 5.74) is 3.60. The van der Waals surface area contributed by atoms with Crippen LogP contribution < -0.4 is 0 Å². The number of piperidine rings is 2. The Bertz CT molecular complexity index is 859. The zero-order valence-electron chi connectivity index (χ0n) is 15.3. The van der Waals surface area contributed by atoms with Gasteiger partial charge in [-0.25, -0.2) is 0 Å². The third-order valence-corrected chi connectivity index (χ3v) is 6.37. The number of nitrogens with zero attached hydrogens (tertiary/aromatic N) is 4. The highest BCUT2D eigenvalue weighted by molar-refractivity contribution is 6.30. The van der Waals surface area contributed by atoms with E-state index in [0.717, 1.165) is 49.9 Å². The Morgan fingerprint density at radius 1 is 0.926 bits per heavy atom. The van der Waals surface area contributed by atoms with Gasteiger partial charge in [-0.1, -0.05) is 54.1 Å². The van der Waals surface area contributed by atoms with Gasteiger partial charge in [-0.15, -0.1) is 0 Å². The monoisotopic (exact) mass is 378 g/mol. The topological polar surface area (TPSA) is 31.2 Å². The smallest absolute Gasteiger partial charge is 0.0612 e. The third-order valence-electron chi connectivity index (χ3n) is 6.12. The lowest BCUT2D eigenvalue weighted by atomic mass is 9.66. The molecule has 5 heteroatoms. The van der Waals surface area contributed by atoms with Crippen molar-refractivity contribution in [1.29, 1.82) is 0 Å². The minimum absolute atomic E-state index is 0.0454. The Balaban J connectivity index is 1.54. The zero-order valence-corrected chi connectivity index (χ0v) is 16.0. The number of fused-ring (bicyclic) bond motifs is 1. The van der Waals surface area contributed by atoms with Crippen molar-refractivity contribution in [2.75, 3.05) is 39.3 Å². The fraction of sp³-hybridized carbons (Fsp3) is 0.364. The van der Waals surface area contributed by atoms with Crippen LogP contribution >= 0.6 is 11.6 Å². The molecule has 0 aliphatic carbocycles. The highest BCUT2D eigenvalue weighted by Crippen LogP contribution is 2.41. The molecule has 0 saturated carbocycles. The van der Waals surface area contributed by atoms with Crippen molar-refractivity contribution in [3.05, 3.63) is 70.7 Å². The van der Waals surface area contributed by atoms with Crippen LogP contribution in [0, 0.1) is 5.92 Å². The molecule has 27 heavy (non-hydrogen) atoms. The fourth-order valence-electron chi connectivity index (χ4n) is 4.94. The van der Waals surface area contributed by atoms with Gasteiger partial charge in [-0.05, 0) is 23.3 Å². The molecule has 4 nitrogen and oxygen atoms in total. The van der Waals surface area contributed by atoms with E-state index in [1.165, 1.54) is 11.3 Å². The molecule has 2 aromatic rings. The van der Waals surface area contributed by atoms with Crippen molar-refractivity contribution < 1.29 is 0 Å². The van der Waals surface area contributed by atoms with Crippen LogP contribution in [-0.4, -0.2) is 61.0 Å². The van der Waals surface area contributed by atoms with E-state index in [1.807, 2.05) is 30.5 Å². The van der Waals surface area contributed by atoms with Gasteiger partial charge in [0.25, 0.3) is 0 Å². The third kappa shape index (κ3) is 3.12. The largest absolute Gasteiger partial charge is 0.300 e. The Morgan fingerprint density at radius 2 is 1.59 bits per heavy atom. The van der Waals surface area contributed by atoms with Crippen LogP contribution in [0.3, 0.4) is 0 Å². The second kappa shape index (κ2) is 6.86. The van der Waals surface area contributed by atoms with Crippen LogP contribution in [0.1, 0.15) is 11.1 Å². The predicted molar refractivity (Wildman–Crippen MR) is 111 cm³/mol. The molecule has 4 aliphatic rings. The number of benzene rings is 2. The van der Waals surface area contributed by atoms with Crippen LogP contribution in [0.4, 0.5) is 0 Å². The highest BCUT2D eigenvalue weighted by atomic mass is 35.5. The van der Waals surface area contributed by atoms with Gasteiger partial charge < -0.3 is 9.80 Å². The Labute approximate surface area is 165 Å². The molecule has 4 saturated heterocycles. The van der Waals surface area contributed by atoms with Gasteiger partial charge in [0, 0.05) is 50.2 Å².